The van der Waals surface area contributed by atoms with Crippen LogP contribution in [0.15, 0.2) is 17.0 Å². The van der Waals surface area contributed by atoms with Crippen molar-refractivity contribution in [3.63, 3.8) is 0 Å². The lowest BCUT2D eigenvalue weighted by Gasteiger charge is -2.14. The molecule has 0 heterocycles. The lowest BCUT2D eigenvalue weighted by Crippen LogP contribution is -2.02. The zero-order valence-electron chi connectivity index (χ0n) is 9.69. The molecule has 0 aliphatic rings. The molecule has 0 aromatic heterocycles. The van der Waals surface area contributed by atoms with Crippen molar-refractivity contribution in [1.82, 2.24) is 0 Å². The monoisotopic (exact) mass is 296 g/mol. The van der Waals surface area contributed by atoms with Crippen LogP contribution in [0.5, 0.6) is 11.5 Å². The number of hydrogen-bond donors (Lipinski definition) is 0. The first-order chi connectivity index (χ1) is 7.92. The molecular weight excluding hydrogens is 284 g/mol. The summed E-state index contributed by atoms with van der Waals surface area (Å²) in [6.45, 7) is 0. The van der Waals surface area contributed by atoms with Gasteiger partial charge in [0, 0.05) is 16.2 Å². The SMILES string of the molecule is COc1ccc(OC)c(SC)c1CS(=O)(=O)Cl. The maximum atomic E-state index is 11.2. The third kappa shape index (κ3) is 3.69. The highest BCUT2D eigenvalue weighted by atomic mass is 35.7. The number of halogens is 1. The molecule has 0 bridgehead atoms. The summed E-state index contributed by atoms with van der Waals surface area (Å²) in [5.74, 6) is 0.804. The second-order valence-corrected chi connectivity index (χ2v) is 6.76. The number of ether oxygens (including phenoxy) is 2. The van der Waals surface area contributed by atoms with Crippen molar-refractivity contribution in [2.45, 2.75) is 10.6 Å². The van der Waals surface area contributed by atoms with Crippen molar-refractivity contribution in [2.75, 3.05) is 20.5 Å². The van der Waals surface area contributed by atoms with Crippen LogP contribution in [0.4, 0.5) is 0 Å². The van der Waals surface area contributed by atoms with Crippen LogP contribution in [-0.2, 0) is 14.8 Å². The van der Waals surface area contributed by atoms with E-state index in [9.17, 15) is 8.42 Å². The van der Waals surface area contributed by atoms with Gasteiger partial charge in [-0.3, -0.25) is 0 Å². The highest BCUT2D eigenvalue weighted by Crippen LogP contribution is 2.38. The predicted molar refractivity (Wildman–Crippen MR) is 69.8 cm³/mol. The van der Waals surface area contributed by atoms with Gasteiger partial charge < -0.3 is 9.47 Å². The largest absolute Gasteiger partial charge is 0.496 e. The fraction of sp³-hybridized carbons (Fsp3) is 0.400. The highest BCUT2D eigenvalue weighted by molar-refractivity contribution is 8.13. The van der Waals surface area contributed by atoms with E-state index in [0.29, 0.717) is 17.1 Å². The Balaban J connectivity index is 3.40. The van der Waals surface area contributed by atoms with Gasteiger partial charge in [-0.1, -0.05) is 0 Å². The molecule has 0 aliphatic carbocycles. The Labute approximate surface area is 110 Å². The second-order valence-electron chi connectivity index (χ2n) is 3.17. The third-order valence-electron chi connectivity index (χ3n) is 2.14. The summed E-state index contributed by atoms with van der Waals surface area (Å²) < 4.78 is 32.7. The Morgan fingerprint density at radius 2 is 1.76 bits per heavy atom. The summed E-state index contributed by atoms with van der Waals surface area (Å²) in [4.78, 5) is 0.719. The van der Waals surface area contributed by atoms with Crippen molar-refractivity contribution in [3.8, 4) is 11.5 Å². The van der Waals surface area contributed by atoms with Gasteiger partial charge in [0.2, 0.25) is 9.05 Å². The second kappa shape index (κ2) is 5.84. The van der Waals surface area contributed by atoms with Gasteiger partial charge in [0.15, 0.2) is 0 Å². The molecule has 0 unspecified atom stereocenters. The Morgan fingerprint density at radius 3 is 2.18 bits per heavy atom. The average Bonchev–Trinajstić information content (AvgIpc) is 2.26. The minimum absolute atomic E-state index is 0.287. The number of methoxy groups -OCH3 is 2. The first-order valence-corrected chi connectivity index (χ1v) is 8.33. The summed E-state index contributed by atoms with van der Waals surface area (Å²) in [6, 6.07) is 3.39. The van der Waals surface area contributed by atoms with E-state index in [2.05, 4.69) is 0 Å². The Hall–Kier alpha value is -0.590. The molecule has 0 aliphatic heterocycles. The molecule has 0 saturated heterocycles. The molecule has 96 valence electrons. The lowest BCUT2D eigenvalue weighted by molar-refractivity contribution is 0.391. The van der Waals surface area contributed by atoms with Crippen LogP contribution in [0.1, 0.15) is 5.56 Å². The standard InChI is InChI=1S/C10H13ClO4S2/c1-14-8-4-5-9(15-2)10(16-3)7(8)6-17(11,12)13/h4-5H,6H2,1-3H3. The van der Waals surface area contributed by atoms with Crippen LogP contribution < -0.4 is 9.47 Å². The van der Waals surface area contributed by atoms with Crippen LogP contribution in [0.2, 0.25) is 0 Å². The number of hydrogen-bond acceptors (Lipinski definition) is 5. The van der Waals surface area contributed by atoms with Gasteiger partial charge in [-0.05, 0) is 18.4 Å². The molecule has 17 heavy (non-hydrogen) atoms. The smallest absolute Gasteiger partial charge is 0.236 e. The van der Waals surface area contributed by atoms with Crippen molar-refractivity contribution < 1.29 is 17.9 Å². The first kappa shape index (κ1) is 14.5. The van der Waals surface area contributed by atoms with Crippen LogP contribution in [0.3, 0.4) is 0 Å². The van der Waals surface area contributed by atoms with Crippen LogP contribution in [0, 0.1) is 0 Å². The van der Waals surface area contributed by atoms with E-state index in [4.69, 9.17) is 20.2 Å². The van der Waals surface area contributed by atoms with Gasteiger partial charge in [0.05, 0.1) is 24.9 Å². The Bertz CT molecular complexity index is 499. The van der Waals surface area contributed by atoms with E-state index in [0.717, 1.165) is 4.90 Å². The van der Waals surface area contributed by atoms with E-state index in [1.165, 1.54) is 26.0 Å². The minimum Gasteiger partial charge on any atom is -0.496 e. The molecule has 1 rings (SSSR count). The van der Waals surface area contributed by atoms with E-state index >= 15 is 0 Å². The van der Waals surface area contributed by atoms with Gasteiger partial charge in [-0.15, -0.1) is 11.8 Å². The number of benzene rings is 1. The summed E-state index contributed by atoms with van der Waals surface area (Å²) >= 11 is 1.39. The molecular formula is C10H13ClO4S2. The van der Waals surface area contributed by atoms with Gasteiger partial charge in [-0.2, -0.15) is 0 Å². The quantitative estimate of drug-likeness (QED) is 0.617. The van der Waals surface area contributed by atoms with E-state index in [1.54, 1.807) is 12.1 Å². The first-order valence-electron chi connectivity index (χ1n) is 4.63. The van der Waals surface area contributed by atoms with Gasteiger partial charge in [0.1, 0.15) is 11.5 Å². The topological polar surface area (TPSA) is 52.6 Å². The normalized spacial score (nSPS) is 11.3. The molecule has 0 N–H and O–H groups in total. The summed E-state index contributed by atoms with van der Waals surface area (Å²) in [5, 5.41) is 0. The zero-order valence-corrected chi connectivity index (χ0v) is 12.1. The summed E-state index contributed by atoms with van der Waals surface area (Å²) in [6.07, 6.45) is 1.83. The summed E-state index contributed by atoms with van der Waals surface area (Å²) in [7, 11) is 4.65. The van der Waals surface area contributed by atoms with E-state index < -0.39 is 9.05 Å². The molecule has 1 aromatic carbocycles. The van der Waals surface area contributed by atoms with Crippen molar-refractivity contribution in [1.29, 1.82) is 0 Å². The maximum absolute atomic E-state index is 11.2. The Kier molecular flexibility index (Phi) is 4.97. The molecule has 0 saturated carbocycles. The van der Waals surface area contributed by atoms with Crippen LogP contribution in [-0.4, -0.2) is 28.9 Å². The molecule has 0 atom stereocenters. The van der Waals surface area contributed by atoms with Gasteiger partial charge in [-0.25, -0.2) is 8.42 Å². The lowest BCUT2D eigenvalue weighted by atomic mass is 10.2. The van der Waals surface area contributed by atoms with Crippen LogP contribution >= 0.6 is 22.4 Å². The predicted octanol–water partition coefficient (Wildman–Crippen LogP) is 2.49. The number of rotatable bonds is 5. The molecule has 0 fully saturated rings. The average molecular weight is 297 g/mol. The molecule has 1 aromatic rings. The fourth-order valence-electron chi connectivity index (χ4n) is 1.47. The van der Waals surface area contributed by atoms with Crippen LogP contribution in [0.25, 0.3) is 0 Å². The Morgan fingerprint density at radius 1 is 1.24 bits per heavy atom. The molecule has 0 spiro atoms. The molecule has 4 nitrogen and oxygen atoms in total. The van der Waals surface area contributed by atoms with E-state index in [1.807, 2.05) is 6.26 Å². The minimum atomic E-state index is -3.64. The molecule has 0 amide bonds. The highest BCUT2D eigenvalue weighted by Gasteiger charge is 2.19. The molecule has 7 heteroatoms. The number of thioether (sulfide) groups is 1. The fourth-order valence-corrected chi connectivity index (χ4v) is 3.29. The van der Waals surface area contributed by atoms with Gasteiger partial charge >= 0.3 is 0 Å². The van der Waals surface area contributed by atoms with Crippen molar-refractivity contribution >= 4 is 31.5 Å². The van der Waals surface area contributed by atoms with Crippen molar-refractivity contribution in [2.24, 2.45) is 0 Å². The van der Waals surface area contributed by atoms with Crippen molar-refractivity contribution in [3.05, 3.63) is 17.7 Å². The summed E-state index contributed by atoms with van der Waals surface area (Å²) in [5.41, 5.74) is 0.523. The van der Waals surface area contributed by atoms with E-state index in [-0.39, 0.29) is 5.75 Å². The molecule has 0 radical (unpaired) electrons. The zero-order chi connectivity index (χ0) is 13.1. The third-order valence-corrected chi connectivity index (χ3v) is 3.96. The van der Waals surface area contributed by atoms with Gasteiger partial charge in [0.25, 0.3) is 0 Å². The maximum Gasteiger partial charge on any atom is 0.236 e.